The molecule has 1 amide bonds. The van der Waals surface area contributed by atoms with Crippen LogP contribution in [0.2, 0.25) is 0 Å². The van der Waals surface area contributed by atoms with Gasteiger partial charge in [0.1, 0.15) is 0 Å². The summed E-state index contributed by atoms with van der Waals surface area (Å²) in [7, 11) is 1.37. The lowest BCUT2D eigenvalue weighted by Crippen LogP contribution is -2.55. The number of hydrogen-bond donors (Lipinski definition) is 1. The predicted octanol–water partition coefficient (Wildman–Crippen LogP) is -0.199. The molecule has 0 bridgehead atoms. The fourth-order valence-corrected chi connectivity index (χ4v) is 1.19. The first-order valence-electron chi connectivity index (χ1n) is 4.35. The van der Waals surface area contributed by atoms with Crippen LogP contribution in [0.1, 0.15) is 6.92 Å². The van der Waals surface area contributed by atoms with Gasteiger partial charge in [-0.15, -0.1) is 0 Å². The SMILES string of the molecule is COC(=O)N1CC(OC(C)CN)C1. The molecule has 0 spiro atoms. The number of hydrogen-bond acceptors (Lipinski definition) is 4. The maximum absolute atomic E-state index is 10.9. The van der Waals surface area contributed by atoms with Gasteiger partial charge < -0.3 is 20.1 Å². The number of likely N-dealkylation sites (tertiary alicyclic amines) is 1. The summed E-state index contributed by atoms with van der Waals surface area (Å²) in [5, 5.41) is 0. The van der Waals surface area contributed by atoms with Crippen molar-refractivity contribution < 1.29 is 14.3 Å². The molecule has 1 saturated heterocycles. The first kappa shape index (κ1) is 10.3. The van der Waals surface area contributed by atoms with Gasteiger partial charge in [0, 0.05) is 6.54 Å². The average Bonchev–Trinajstić information content (AvgIpc) is 2.08. The molecule has 0 aromatic rings. The molecule has 1 heterocycles. The van der Waals surface area contributed by atoms with Crippen LogP contribution >= 0.6 is 0 Å². The van der Waals surface area contributed by atoms with Gasteiger partial charge in [0.15, 0.2) is 0 Å². The number of methoxy groups -OCH3 is 1. The molecule has 1 atom stereocenters. The molecule has 2 N–H and O–H groups in total. The molecule has 0 saturated carbocycles. The Morgan fingerprint density at radius 3 is 2.77 bits per heavy atom. The van der Waals surface area contributed by atoms with Gasteiger partial charge in [-0.25, -0.2) is 4.79 Å². The molecule has 5 nitrogen and oxygen atoms in total. The third-order valence-electron chi connectivity index (χ3n) is 2.04. The number of nitrogens with zero attached hydrogens (tertiary/aromatic N) is 1. The van der Waals surface area contributed by atoms with Gasteiger partial charge in [-0.05, 0) is 6.92 Å². The van der Waals surface area contributed by atoms with Crippen molar-refractivity contribution in [1.82, 2.24) is 4.90 Å². The predicted molar refractivity (Wildman–Crippen MR) is 47.4 cm³/mol. The van der Waals surface area contributed by atoms with Gasteiger partial charge in [-0.3, -0.25) is 0 Å². The van der Waals surface area contributed by atoms with E-state index in [2.05, 4.69) is 4.74 Å². The zero-order valence-corrected chi connectivity index (χ0v) is 8.03. The summed E-state index contributed by atoms with van der Waals surface area (Å²) < 4.78 is 10.0. The number of rotatable bonds is 3. The van der Waals surface area contributed by atoms with Crippen molar-refractivity contribution in [3.63, 3.8) is 0 Å². The molecule has 13 heavy (non-hydrogen) atoms. The fraction of sp³-hybridized carbons (Fsp3) is 0.875. The minimum Gasteiger partial charge on any atom is -0.453 e. The summed E-state index contributed by atoms with van der Waals surface area (Å²) in [5.74, 6) is 0. The maximum atomic E-state index is 10.9. The normalized spacial score (nSPS) is 19.5. The van der Waals surface area contributed by atoms with E-state index in [1.54, 1.807) is 4.90 Å². The number of amides is 1. The highest BCUT2D eigenvalue weighted by Crippen LogP contribution is 2.13. The van der Waals surface area contributed by atoms with Crippen molar-refractivity contribution >= 4 is 6.09 Å². The summed E-state index contributed by atoms with van der Waals surface area (Å²) in [6.45, 7) is 3.64. The van der Waals surface area contributed by atoms with Crippen molar-refractivity contribution in [1.29, 1.82) is 0 Å². The van der Waals surface area contributed by atoms with Crippen LogP contribution in [-0.4, -0.2) is 49.9 Å². The lowest BCUT2D eigenvalue weighted by molar-refractivity contribution is -0.0752. The third kappa shape index (κ3) is 2.57. The minimum absolute atomic E-state index is 0.0600. The van der Waals surface area contributed by atoms with E-state index in [9.17, 15) is 4.79 Å². The maximum Gasteiger partial charge on any atom is 0.409 e. The Morgan fingerprint density at radius 2 is 2.31 bits per heavy atom. The van der Waals surface area contributed by atoms with Crippen LogP contribution in [0.4, 0.5) is 4.79 Å². The summed E-state index contributed by atoms with van der Waals surface area (Å²) in [4.78, 5) is 12.5. The van der Waals surface area contributed by atoms with E-state index in [1.807, 2.05) is 6.92 Å². The molecule has 1 rings (SSSR count). The minimum atomic E-state index is -0.291. The Morgan fingerprint density at radius 1 is 1.69 bits per heavy atom. The van der Waals surface area contributed by atoms with E-state index >= 15 is 0 Å². The fourth-order valence-electron chi connectivity index (χ4n) is 1.19. The largest absolute Gasteiger partial charge is 0.453 e. The van der Waals surface area contributed by atoms with Gasteiger partial charge in [-0.2, -0.15) is 0 Å². The Kier molecular flexibility index (Phi) is 3.50. The molecule has 1 aliphatic heterocycles. The molecule has 0 radical (unpaired) electrons. The molecule has 1 aliphatic rings. The first-order valence-corrected chi connectivity index (χ1v) is 4.35. The lowest BCUT2D eigenvalue weighted by atomic mass is 10.2. The van der Waals surface area contributed by atoms with E-state index in [0.29, 0.717) is 19.6 Å². The van der Waals surface area contributed by atoms with E-state index in [1.165, 1.54) is 7.11 Å². The first-order chi connectivity index (χ1) is 6.17. The van der Waals surface area contributed by atoms with Crippen LogP contribution < -0.4 is 5.73 Å². The van der Waals surface area contributed by atoms with Crippen LogP contribution in [0.3, 0.4) is 0 Å². The topological polar surface area (TPSA) is 64.8 Å². The highest BCUT2D eigenvalue weighted by atomic mass is 16.5. The number of carbonyl (C=O) groups is 1. The molecule has 1 fully saturated rings. The van der Waals surface area contributed by atoms with E-state index in [0.717, 1.165) is 0 Å². The van der Waals surface area contributed by atoms with Crippen molar-refractivity contribution in [2.24, 2.45) is 5.73 Å². The van der Waals surface area contributed by atoms with Crippen molar-refractivity contribution in [3.8, 4) is 0 Å². The second-order valence-corrected chi connectivity index (χ2v) is 3.18. The Bertz CT molecular complexity index is 180. The van der Waals surface area contributed by atoms with Crippen molar-refractivity contribution in [2.45, 2.75) is 19.1 Å². The zero-order chi connectivity index (χ0) is 9.84. The van der Waals surface area contributed by atoms with E-state index in [4.69, 9.17) is 10.5 Å². The quantitative estimate of drug-likeness (QED) is 0.666. The monoisotopic (exact) mass is 188 g/mol. The molecule has 5 heteroatoms. The summed E-state index contributed by atoms with van der Waals surface area (Å²) in [5.41, 5.74) is 5.39. The summed E-state index contributed by atoms with van der Waals surface area (Å²) in [6.07, 6.45) is -0.109. The number of nitrogens with two attached hydrogens (primary N) is 1. The van der Waals surface area contributed by atoms with E-state index < -0.39 is 0 Å². The summed E-state index contributed by atoms with van der Waals surface area (Å²) >= 11 is 0. The molecule has 0 aliphatic carbocycles. The second-order valence-electron chi connectivity index (χ2n) is 3.18. The van der Waals surface area contributed by atoms with Gasteiger partial charge in [0.2, 0.25) is 0 Å². The Hall–Kier alpha value is -0.810. The van der Waals surface area contributed by atoms with Crippen molar-refractivity contribution in [2.75, 3.05) is 26.7 Å². The van der Waals surface area contributed by atoms with Crippen molar-refractivity contribution in [3.05, 3.63) is 0 Å². The van der Waals surface area contributed by atoms with Gasteiger partial charge in [0.25, 0.3) is 0 Å². The molecule has 76 valence electrons. The molecule has 0 aromatic carbocycles. The molecular formula is C8H16N2O3. The van der Waals surface area contributed by atoms with Gasteiger partial charge in [-0.1, -0.05) is 0 Å². The summed E-state index contributed by atoms with van der Waals surface area (Å²) in [6, 6.07) is 0. The third-order valence-corrected chi connectivity index (χ3v) is 2.04. The number of ether oxygens (including phenoxy) is 2. The van der Waals surface area contributed by atoms with Crippen LogP contribution in [0.5, 0.6) is 0 Å². The number of carbonyl (C=O) groups excluding carboxylic acids is 1. The lowest BCUT2D eigenvalue weighted by Gasteiger charge is -2.38. The highest BCUT2D eigenvalue weighted by Gasteiger charge is 2.32. The van der Waals surface area contributed by atoms with Crippen LogP contribution in [0.15, 0.2) is 0 Å². The van der Waals surface area contributed by atoms with Crippen LogP contribution in [0.25, 0.3) is 0 Å². The Balaban J connectivity index is 2.15. The van der Waals surface area contributed by atoms with Crippen LogP contribution in [0, 0.1) is 0 Å². The molecular weight excluding hydrogens is 172 g/mol. The smallest absolute Gasteiger partial charge is 0.409 e. The van der Waals surface area contributed by atoms with Crippen LogP contribution in [-0.2, 0) is 9.47 Å². The second kappa shape index (κ2) is 4.43. The van der Waals surface area contributed by atoms with Gasteiger partial charge >= 0.3 is 6.09 Å². The van der Waals surface area contributed by atoms with E-state index in [-0.39, 0.29) is 18.3 Å². The average molecular weight is 188 g/mol. The van der Waals surface area contributed by atoms with Gasteiger partial charge in [0.05, 0.1) is 32.4 Å². The highest BCUT2D eigenvalue weighted by molar-refractivity contribution is 5.68. The molecule has 0 aromatic heterocycles. The zero-order valence-electron chi connectivity index (χ0n) is 8.03. The molecule has 1 unspecified atom stereocenters. The standard InChI is InChI=1S/C8H16N2O3/c1-6(3-9)13-7-4-10(5-7)8(11)12-2/h6-7H,3-5,9H2,1-2H3. The Labute approximate surface area is 77.8 Å².